The summed E-state index contributed by atoms with van der Waals surface area (Å²) in [4.78, 5) is 44.3. The second-order valence-electron chi connectivity index (χ2n) is 11.2. The predicted molar refractivity (Wildman–Crippen MR) is 184 cm³/mol. The molecule has 47 heavy (non-hydrogen) atoms. The largest absolute Gasteiger partial charge is 0.439 e. The highest BCUT2D eigenvalue weighted by atomic mass is 16.3. The molecule has 0 radical (unpaired) electrons. The van der Waals surface area contributed by atoms with Gasteiger partial charge in [-0.3, -0.25) is 9.59 Å². The average molecular weight is 610 g/mol. The number of fused-ring (bicyclic) bond motifs is 6. The molecule has 0 bridgehead atoms. The van der Waals surface area contributed by atoms with E-state index in [2.05, 4.69) is 0 Å². The molecule has 9 aromatic rings. The molecule has 4 aromatic heterocycles. The van der Waals surface area contributed by atoms with Crippen LogP contribution in [0, 0.1) is 0 Å². The van der Waals surface area contributed by atoms with E-state index in [1.165, 1.54) is 8.97 Å². The summed E-state index contributed by atoms with van der Waals surface area (Å²) in [6.45, 7) is 0. The lowest BCUT2D eigenvalue weighted by Gasteiger charge is -2.18. The molecule has 0 spiro atoms. The number of hydrogen-bond acceptors (Lipinski definition) is 6. The number of nitrogens with zero attached hydrogens (tertiary/aromatic N) is 5. The Morgan fingerprint density at radius 2 is 1.00 bits per heavy atom. The van der Waals surface area contributed by atoms with Crippen molar-refractivity contribution in [3.05, 3.63) is 160 Å². The monoisotopic (exact) mass is 609 g/mol. The summed E-state index contributed by atoms with van der Waals surface area (Å²) in [5.41, 5.74) is 3.20. The third-order valence-corrected chi connectivity index (χ3v) is 8.42. The highest BCUT2D eigenvalue weighted by Crippen LogP contribution is 2.35. The van der Waals surface area contributed by atoms with E-state index in [0.717, 1.165) is 16.7 Å². The molecular formula is C39H23N5O3. The van der Waals surface area contributed by atoms with Crippen molar-refractivity contribution in [1.82, 2.24) is 23.9 Å². The normalized spacial score (nSPS) is 11.6. The molecule has 222 valence electrons. The summed E-state index contributed by atoms with van der Waals surface area (Å²) in [6, 6.07) is 43.5. The van der Waals surface area contributed by atoms with Crippen LogP contribution in [-0.4, -0.2) is 23.9 Å². The van der Waals surface area contributed by atoms with E-state index < -0.39 is 5.56 Å². The first-order valence-corrected chi connectivity index (χ1v) is 15.1. The van der Waals surface area contributed by atoms with E-state index in [1.54, 1.807) is 12.1 Å². The van der Waals surface area contributed by atoms with Gasteiger partial charge in [0, 0.05) is 27.5 Å². The van der Waals surface area contributed by atoms with Gasteiger partial charge >= 0.3 is 0 Å². The van der Waals surface area contributed by atoms with Crippen LogP contribution in [-0.2, 0) is 0 Å². The van der Waals surface area contributed by atoms with Gasteiger partial charge in [-0.05, 0) is 23.1 Å². The molecule has 0 amide bonds. The minimum absolute atomic E-state index is 0.0826. The van der Waals surface area contributed by atoms with Crippen LogP contribution in [0.3, 0.4) is 0 Å². The Bertz CT molecular complexity index is 2710. The van der Waals surface area contributed by atoms with E-state index in [-0.39, 0.29) is 22.6 Å². The first kappa shape index (κ1) is 26.7. The van der Waals surface area contributed by atoms with Crippen LogP contribution in [0.4, 0.5) is 0 Å². The van der Waals surface area contributed by atoms with Crippen molar-refractivity contribution in [1.29, 1.82) is 0 Å². The predicted octanol–water partition coefficient (Wildman–Crippen LogP) is 7.69. The molecule has 8 heteroatoms. The van der Waals surface area contributed by atoms with Crippen molar-refractivity contribution in [2.24, 2.45) is 0 Å². The molecule has 0 N–H and O–H groups in total. The summed E-state index contributed by atoms with van der Waals surface area (Å²) >= 11 is 0. The third kappa shape index (κ3) is 4.12. The summed E-state index contributed by atoms with van der Waals surface area (Å²) < 4.78 is 9.28. The van der Waals surface area contributed by atoms with Crippen molar-refractivity contribution in [2.45, 2.75) is 0 Å². The van der Waals surface area contributed by atoms with E-state index in [1.807, 2.05) is 127 Å². The van der Waals surface area contributed by atoms with Crippen LogP contribution in [0.1, 0.15) is 0 Å². The van der Waals surface area contributed by atoms with Crippen molar-refractivity contribution in [3.63, 3.8) is 0 Å². The smallest absolute Gasteiger partial charge is 0.272 e. The molecule has 0 saturated heterocycles. The number of para-hydroxylation sites is 1. The quantitative estimate of drug-likeness (QED) is 0.190. The van der Waals surface area contributed by atoms with Crippen LogP contribution >= 0.6 is 0 Å². The van der Waals surface area contributed by atoms with Crippen LogP contribution in [0.25, 0.3) is 78.3 Å². The molecule has 0 aliphatic carbocycles. The van der Waals surface area contributed by atoms with Crippen LogP contribution in [0.15, 0.2) is 154 Å². The second-order valence-corrected chi connectivity index (χ2v) is 11.2. The van der Waals surface area contributed by atoms with Gasteiger partial charge in [0.15, 0.2) is 11.6 Å². The van der Waals surface area contributed by atoms with Crippen LogP contribution in [0.5, 0.6) is 0 Å². The Morgan fingerprint density at radius 3 is 1.62 bits per heavy atom. The SMILES string of the molecule is O=c1c2c3ccccc3oc2n2c(=O)c3ccccc3c(-c3ccccc3)c2n1-c1nc(-c2ccccc2)nc(-c2ccccc2)n1. The standard InChI is InChI=1S/C39H23N5O3/c45-36-28-21-11-10-20-27(28)31(24-14-4-1-5-15-24)35-43(36)38-32(29-22-12-13-23-30(29)47-38)37(46)44(35)39-41-33(25-16-6-2-7-17-25)40-34(42-39)26-18-8-3-9-19-26/h1-23H. The van der Waals surface area contributed by atoms with Gasteiger partial charge < -0.3 is 4.42 Å². The molecule has 0 aliphatic heterocycles. The number of aromatic nitrogens is 5. The van der Waals surface area contributed by atoms with Crippen LogP contribution < -0.4 is 11.1 Å². The molecule has 0 aliphatic rings. The topological polar surface area (TPSA) is 95.3 Å². The lowest BCUT2D eigenvalue weighted by atomic mass is 9.99. The van der Waals surface area contributed by atoms with Crippen LogP contribution in [0.2, 0.25) is 0 Å². The summed E-state index contributed by atoms with van der Waals surface area (Å²) in [7, 11) is 0. The van der Waals surface area contributed by atoms with Gasteiger partial charge in [-0.15, -0.1) is 0 Å². The summed E-state index contributed by atoms with van der Waals surface area (Å²) in [5, 5.41) is 2.02. The Kier molecular flexibility index (Phi) is 5.94. The van der Waals surface area contributed by atoms with Gasteiger partial charge in [0.1, 0.15) is 16.6 Å². The van der Waals surface area contributed by atoms with E-state index >= 15 is 4.79 Å². The van der Waals surface area contributed by atoms with E-state index in [9.17, 15) is 4.79 Å². The number of pyridine rings is 1. The lowest BCUT2D eigenvalue weighted by molar-refractivity contribution is 0.641. The maximum Gasteiger partial charge on any atom is 0.272 e. The van der Waals surface area contributed by atoms with Crippen molar-refractivity contribution < 1.29 is 4.42 Å². The maximum atomic E-state index is 15.0. The molecule has 0 saturated carbocycles. The zero-order chi connectivity index (χ0) is 31.5. The van der Waals surface area contributed by atoms with Crippen molar-refractivity contribution in [3.8, 4) is 39.9 Å². The first-order valence-electron chi connectivity index (χ1n) is 15.1. The molecule has 0 atom stereocenters. The Hall–Kier alpha value is -6.67. The highest BCUT2D eigenvalue weighted by Gasteiger charge is 2.26. The first-order chi connectivity index (χ1) is 23.2. The van der Waals surface area contributed by atoms with E-state index in [4.69, 9.17) is 19.4 Å². The molecule has 9 rings (SSSR count). The molecule has 8 nitrogen and oxygen atoms in total. The van der Waals surface area contributed by atoms with Crippen molar-refractivity contribution >= 4 is 38.5 Å². The molecule has 4 heterocycles. The number of rotatable bonds is 4. The molecule has 0 unspecified atom stereocenters. The Balaban J connectivity index is 1.55. The number of hydrogen-bond donors (Lipinski definition) is 0. The minimum atomic E-state index is -0.416. The van der Waals surface area contributed by atoms with Gasteiger partial charge in [-0.1, -0.05) is 127 Å². The van der Waals surface area contributed by atoms with Gasteiger partial charge in [0.2, 0.25) is 11.7 Å². The number of benzene rings is 5. The van der Waals surface area contributed by atoms with Gasteiger partial charge in [-0.2, -0.15) is 9.97 Å². The maximum absolute atomic E-state index is 15.0. The fourth-order valence-electron chi connectivity index (χ4n) is 6.31. The molecule has 0 fully saturated rings. The van der Waals surface area contributed by atoms with Gasteiger partial charge in [-0.25, -0.2) is 14.0 Å². The zero-order valence-corrected chi connectivity index (χ0v) is 24.7. The number of furan rings is 1. The third-order valence-electron chi connectivity index (χ3n) is 8.42. The van der Waals surface area contributed by atoms with Gasteiger partial charge in [0.05, 0.1) is 0 Å². The summed E-state index contributed by atoms with van der Waals surface area (Å²) in [6.07, 6.45) is 0. The zero-order valence-electron chi connectivity index (χ0n) is 24.7. The van der Waals surface area contributed by atoms with Crippen molar-refractivity contribution in [2.75, 3.05) is 0 Å². The Labute approximate surface area is 266 Å². The summed E-state index contributed by atoms with van der Waals surface area (Å²) in [5.74, 6) is 0.862. The highest BCUT2D eigenvalue weighted by molar-refractivity contribution is 6.08. The minimum Gasteiger partial charge on any atom is -0.439 e. The van der Waals surface area contributed by atoms with E-state index in [0.29, 0.717) is 44.6 Å². The molecule has 5 aromatic carbocycles. The molecular weight excluding hydrogens is 586 g/mol. The Morgan fingerprint density at radius 1 is 0.489 bits per heavy atom. The fourth-order valence-corrected chi connectivity index (χ4v) is 6.31. The lowest BCUT2D eigenvalue weighted by Crippen LogP contribution is -2.29. The van der Waals surface area contributed by atoms with Gasteiger partial charge in [0.25, 0.3) is 11.1 Å². The second kappa shape index (κ2) is 10.5. The average Bonchev–Trinajstić information content (AvgIpc) is 3.53. The fraction of sp³-hybridized carbons (Fsp3) is 0.